The molecule has 1 aromatic heterocycles. The summed E-state index contributed by atoms with van der Waals surface area (Å²) in [4.78, 5) is 1.93. The number of thiophene rings is 1. The molecule has 0 amide bonds. The first kappa shape index (κ1) is 11.8. The van der Waals surface area contributed by atoms with Crippen LogP contribution >= 0.6 is 11.3 Å². The normalized spacial score (nSPS) is 20.4. The van der Waals surface area contributed by atoms with Crippen molar-refractivity contribution in [1.29, 1.82) is 0 Å². The summed E-state index contributed by atoms with van der Waals surface area (Å²) >= 11 is 1.51. The van der Waals surface area contributed by atoms with E-state index in [0.717, 1.165) is 15.3 Å². The molecule has 1 nitrogen and oxygen atoms in total. The summed E-state index contributed by atoms with van der Waals surface area (Å²) < 4.78 is 25.9. The third-order valence-corrected chi connectivity index (χ3v) is 4.66. The van der Waals surface area contributed by atoms with E-state index in [-0.39, 0.29) is 12.8 Å². The molecule has 0 bridgehead atoms. The lowest BCUT2D eigenvalue weighted by Gasteiger charge is -2.43. The van der Waals surface area contributed by atoms with Gasteiger partial charge in [-0.2, -0.15) is 0 Å². The van der Waals surface area contributed by atoms with Crippen molar-refractivity contribution in [1.82, 2.24) is 0 Å². The summed E-state index contributed by atoms with van der Waals surface area (Å²) in [5.74, 6) is -2.59. The van der Waals surface area contributed by atoms with Crippen molar-refractivity contribution in [2.24, 2.45) is 5.73 Å². The fourth-order valence-corrected chi connectivity index (χ4v) is 3.52. The number of benzene rings is 1. The molecule has 1 fully saturated rings. The highest BCUT2D eigenvalue weighted by Crippen LogP contribution is 2.52. The van der Waals surface area contributed by atoms with E-state index in [1.165, 1.54) is 11.3 Å². The molecule has 18 heavy (non-hydrogen) atoms. The molecule has 2 aromatic rings. The van der Waals surface area contributed by atoms with E-state index in [1.807, 2.05) is 42.5 Å². The molecule has 1 heterocycles. The second-order valence-corrected chi connectivity index (χ2v) is 5.98. The summed E-state index contributed by atoms with van der Waals surface area (Å²) in [6.07, 6.45) is -0.483. The molecule has 0 saturated heterocycles. The lowest BCUT2D eigenvalue weighted by molar-refractivity contribution is -0.123. The van der Waals surface area contributed by atoms with Gasteiger partial charge in [-0.05, 0) is 17.7 Å². The second kappa shape index (κ2) is 3.87. The van der Waals surface area contributed by atoms with Gasteiger partial charge in [0, 0.05) is 22.6 Å². The molecular weight excluding hydrogens is 252 g/mol. The van der Waals surface area contributed by atoms with Crippen LogP contribution in [-0.4, -0.2) is 5.92 Å². The molecule has 0 unspecified atom stereocenters. The van der Waals surface area contributed by atoms with Crippen LogP contribution in [0.1, 0.15) is 17.7 Å². The van der Waals surface area contributed by atoms with Gasteiger partial charge in [-0.25, -0.2) is 8.78 Å². The van der Waals surface area contributed by atoms with Crippen LogP contribution < -0.4 is 5.73 Å². The van der Waals surface area contributed by atoms with Crippen LogP contribution in [-0.2, 0) is 5.54 Å². The maximum Gasteiger partial charge on any atom is 0.252 e. The third kappa shape index (κ3) is 1.95. The maximum absolute atomic E-state index is 13.0. The molecule has 1 aliphatic rings. The first-order chi connectivity index (χ1) is 8.49. The van der Waals surface area contributed by atoms with E-state index in [1.54, 1.807) is 0 Å². The van der Waals surface area contributed by atoms with Crippen molar-refractivity contribution >= 4 is 11.3 Å². The molecule has 2 N–H and O–H groups in total. The van der Waals surface area contributed by atoms with E-state index >= 15 is 0 Å². The van der Waals surface area contributed by atoms with Gasteiger partial charge in [0.2, 0.25) is 0 Å². The van der Waals surface area contributed by atoms with Crippen LogP contribution in [0, 0.1) is 0 Å². The van der Waals surface area contributed by atoms with Crippen LogP contribution in [0.3, 0.4) is 0 Å². The van der Waals surface area contributed by atoms with E-state index in [2.05, 4.69) is 0 Å². The van der Waals surface area contributed by atoms with Crippen molar-refractivity contribution < 1.29 is 8.78 Å². The third-order valence-electron chi connectivity index (χ3n) is 3.30. The SMILES string of the molecule is NC1(c2ccc(-c3ccccc3)s2)CC(F)(F)C1. The molecule has 0 aliphatic heterocycles. The Hall–Kier alpha value is -1.26. The minimum atomic E-state index is -2.59. The largest absolute Gasteiger partial charge is 0.320 e. The number of halogens is 2. The van der Waals surface area contributed by atoms with Gasteiger partial charge in [-0.3, -0.25) is 0 Å². The highest BCUT2D eigenvalue weighted by atomic mass is 32.1. The first-order valence-electron chi connectivity index (χ1n) is 5.81. The van der Waals surface area contributed by atoms with Gasteiger partial charge in [0.1, 0.15) is 0 Å². The van der Waals surface area contributed by atoms with E-state index in [4.69, 9.17) is 5.73 Å². The zero-order valence-electron chi connectivity index (χ0n) is 9.70. The molecule has 1 aliphatic carbocycles. The second-order valence-electron chi connectivity index (χ2n) is 4.90. The number of rotatable bonds is 2. The monoisotopic (exact) mass is 265 g/mol. The highest BCUT2D eigenvalue weighted by Gasteiger charge is 2.55. The predicted molar refractivity (Wildman–Crippen MR) is 69.8 cm³/mol. The van der Waals surface area contributed by atoms with Gasteiger partial charge in [0.05, 0.1) is 5.54 Å². The number of alkyl halides is 2. The predicted octanol–water partition coefficient (Wildman–Crippen LogP) is 4.00. The van der Waals surface area contributed by atoms with Crippen molar-refractivity contribution in [2.75, 3.05) is 0 Å². The van der Waals surface area contributed by atoms with Crippen molar-refractivity contribution in [3.8, 4) is 10.4 Å². The molecule has 1 saturated carbocycles. The molecule has 0 spiro atoms. The average molecular weight is 265 g/mol. The van der Waals surface area contributed by atoms with Crippen molar-refractivity contribution in [3.63, 3.8) is 0 Å². The van der Waals surface area contributed by atoms with Gasteiger partial charge in [-0.1, -0.05) is 30.3 Å². The summed E-state index contributed by atoms with van der Waals surface area (Å²) in [5, 5.41) is 0. The average Bonchev–Trinajstić information content (AvgIpc) is 2.77. The smallest absolute Gasteiger partial charge is 0.252 e. The highest BCUT2D eigenvalue weighted by molar-refractivity contribution is 7.15. The van der Waals surface area contributed by atoms with Gasteiger partial charge in [-0.15, -0.1) is 11.3 Å². The van der Waals surface area contributed by atoms with Crippen LogP contribution in [0.5, 0.6) is 0 Å². The summed E-state index contributed by atoms with van der Waals surface area (Å²) in [6.45, 7) is 0. The number of nitrogens with two attached hydrogens (primary N) is 1. The van der Waals surface area contributed by atoms with Crippen LogP contribution in [0.2, 0.25) is 0 Å². The summed E-state index contributed by atoms with van der Waals surface area (Å²) in [7, 11) is 0. The molecular formula is C14H13F2NS. The van der Waals surface area contributed by atoms with Crippen LogP contribution in [0.4, 0.5) is 8.78 Å². The fraction of sp³-hybridized carbons (Fsp3) is 0.286. The standard InChI is InChI=1S/C14H13F2NS/c15-14(16)8-13(17,9-14)12-7-6-11(18-12)10-4-2-1-3-5-10/h1-7H,8-9,17H2. The van der Waals surface area contributed by atoms with Crippen molar-refractivity contribution in [3.05, 3.63) is 47.3 Å². The fourth-order valence-electron chi connectivity index (χ4n) is 2.41. The Kier molecular flexibility index (Phi) is 2.54. The Balaban J connectivity index is 1.87. The quantitative estimate of drug-likeness (QED) is 0.872. The number of hydrogen-bond acceptors (Lipinski definition) is 2. The summed E-state index contributed by atoms with van der Waals surface area (Å²) in [5.41, 5.74) is 6.29. The minimum Gasteiger partial charge on any atom is -0.320 e. The molecule has 94 valence electrons. The molecule has 4 heteroatoms. The zero-order valence-corrected chi connectivity index (χ0v) is 10.5. The van der Waals surface area contributed by atoms with Gasteiger partial charge < -0.3 is 5.73 Å². The van der Waals surface area contributed by atoms with E-state index < -0.39 is 11.5 Å². The van der Waals surface area contributed by atoms with E-state index in [0.29, 0.717) is 0 Å². The Labute approximate surface area is 108 Å². The topological polar surface area (TPSA) is 26.0 Å². The van der Waals surface area contributed by atoms with Crippen LogP contribution in [0.15, 0.2) is 42.5 Å². The Morgan fingerprint density at radius 1 is 1.00 bits per heavy atom. The molecule has 0 radical (unpaired) electrons. The zero-order chi connectivity index (χ0) is 12.8. The first-order valence-corrected chi connectivity index (χ1v) is 6.63. The van der Waals surface area contributed by atoms with Gasteiger partial charge in [0.25, 0.3) is 5.92 Å². The number of hydrogen-bond donors (Lipinski definition) is 1. The lowest BCUT2D eigenvalue weighted by atomic mass is 9.73. The van der Waals surface area contributed by atoms with E-state index in [9.17, 15) is 8.78 Å². The molecule has 0 atom stereocenters. The Morgan fingerprint density at radius 3 is 2.28 bits per heavy atom. The molecule has 3 rings (SSSR count). The van der Waals surface area contributed by atoms with Gasteiger partial charge >= 0.3 is 0 Å². The molecule has 1 aromatic carbocycles. The van der Waals surface area contributed by atoms with Gasteiger partial charge in [0.15, 0.2) is 0 Å². The van der Waals surface area contributed by atoms with Crippen molar-refractivity contribution in [2.45, 2.75) is 24.3 Å². The lowest BCUT2D eigenvalue weighted by Crippen LogP contribution is -2.55. The van der Waals surface area contributed by atoms with Crippen LogP contribution in [0.25, 0.3) is 10.4 Å². The Bertz CT molecular complexity index is 554. The Morgan fingerprint density at radius 2 is 1.67 bits per heavy atom. The maximum atomic E-state index is 13.0. The minimum absolute atomic E-state index is 0.241. The summed E-state index contributed by atoms with van der Waals surface area (Å²) in [6, 6.07) is 13.7.